The number of nitrogen functional groups attached to an aromatic ring is 1. The molecular weight excluding hydrogens is 190 g/mol. The van der Waals surface area contributed by atoms with Gasteiger partial charge >= 0.3 is 0 Å². The molecule has 0 saturated carbocycles. The smallest absolute Gasteiger partial charge is 0.173 e. The van der Waals surface area contributed by atoms with Crippen LogP contribution in [0.5, 0.6) is 0 Å². The molecule has 0 aliphatic carbocycles. The number of rotatable bonds is 1. The average Bonchev–Trinajstić information content (AvgIpc) is 2.78. The van der Waals surface area contributed by atoms with E-state index in [1.807, 2.05) is 30.3 Å². The highest BCUT2D eigenvalue weighted by atomic mass is 16.4. The topological polar surface area (TPSA) is 52.3 Å². The van der Waals surface area contributed by atoms with Crippen molar-refractivity contribution < 1.29 is 8.83 Å². The lowest BCUT2D eigenvalue weighted by Gasteiger charge is -1.96. The highest BCUT2D eigenvalue weighted by molar-refractivity contribution is 5.78. The molecule has 0 radical (unpaired) electrons. The first-order valence-corrected chi connectivity index (χ1v) is 4.66. The van der Waals surface area contributed by atoms with Gasteiger partial charge in [-0.15, -0.1) is 0 Å². The Kier molecular flexibility index (Phi) is 1.59. The van der Waals surface area contributed by atoms with Gasteiger partial charge in [0, 0.05) is 23.4 Å². The second-order valence-corrected chi connectivity index (χ2v) is 3.38. The van der Waals surface area contributed by atoms with Crippen LogP contribution in [0, 0.1) is 0 Å². The van der Waals surface area contributed by atoms with Gasteiger partial charge < -0.3 is 14.6 Å². The van der Waals surface area contributed by atoms with E-state index in [-0.39, 0.29) is 0 Å². The van der Waals surface area contributed by atoms with Crippen LogP contribution in [0.25, 0.3) is 22.5 Å². The molecule has 2 N–H and O–H groups in total. The fourth-order valence-electron chi connectivity index (χ4n) is 1.56. The van der Waals surface area contributed by atoms with E-state index < -0.39 is 0 Å². The van der Waals surface area contributed by atoms with E-state index in [0.717, 1.165) is 28.2 Å². The lowest BCUT2D eigenvalue weighted by molar-refractivity contribution is 0.612. The molecule has 15 heavy (non-hydrogen) atoms. The van der Waals surface area contributed by atoms with Crippen molar-refractivity contribution in [1.29, 1.82) is 0 Å². The molecule has 2 aromatic heterocycles. The van der Waals surface area contributed by atoms with Gasteiger partial charge in [-0.25, -0.2) is 0 Å². The lowest BCUT2D eigenvalue weighted by Crippen LogP contribution is -1.82. The molecule has 3 nitrogen and oxygen atoms in total. The number of furan rings is 2. The minimum absolute atomic E-state index is 0.744. The largest absolute Gasteiger partial charge is 0.461 e. The molecule has 0 spiro atoms. The van der Waals surface area contributed by atoms with Crippen LogP contribution in [0.15, 0.2) is 51.5 Å². The summed E-state index contributed by atoms with van der Waals surface area (Å²) >= 11 is 0. The van der Waals surface area contributed by atoms with E-state index in [9.17, 15) is 0 Å². The molecule has 0 saturated heterocycles. The molecule has 74 valence electrons. The summed E-state index contributed by atoms with van der Waals surface area (Å²) in [5, 5.41) is 0. The number of fused-ring (bicyclic) bond motifs is 1. The molecule has 0 aliphatic rings. The molecule has 0 atom stereocenters. The van der Waals surface area contributed by atoms with Crippen molar-refractivity contribution >= 4 is 16.9 Å². The number of nitrogens with two attached hydrogens (primary N) is 1. The van der Waals surface area contributed by atoms with Gasteiger partial charge in [0.2, 0.25) is 0 Å². The van der Waals surface area contributed by atoms with Crippen LogP contribution >= 0.6 is 0 Å². The van der Waals surface area contributed by atoms with Crippen molar-refractivity contribution in [2.45, 2.75) is 0 Å². The summed E-state index contributed by atoms with van der Waals surface area (Å²) in [6.07, 6.45) is 1.61. The predicted molar refractivity (Wildman–Crippen MR) is 58.3 cm³/mol. The monoisotopic (exact) mass is 199 g/mol. The highest BCUT2D eigenvalue weighted by Crippen LogP contribution is 2.28. The van der Waals surface area contributed by atoms with E-state index in [1.165, 1.54) is 0 Å². The summed E-state index contributed by atoms with van der Waals surface area (Å²) in [6, 6.07) is 11.2. The van der Waals surface area contributed by atoms with Crippen LogP contribution in [0.2, 0.25) is 0 Å². The summed E-state index contributed by atoms with van der Waals surface area (Å²) in [5.41, 5.74) is 8.88. The standard InChI is InChI=1S/C12H9NO2/c13-9-3-1-8(2-4-9)11-7-12-10(15-11)5-6-14-12/h1-7H,13H2. The van der Waals surface area contributed by atoms with Gasteiger partial charge in [0.1, 0.15) is 5.76 Å². The maximum Gasteiger partial charge on any atom is 0.173 e. The second kappa shape index (κ2) is 2.92. The Bertz CT molecular complexity index is 561. The number of hydrogen-bond acceptors (Lipinski definition) is 3. The normalized spacial score (nSPS) is 10.9. The molecule has 3 aromatic rings. The van der Waals surface area contributed by atoms with Gasteiger partial charge in [0.05, 0.1) is 6.26 Å². The van der Waals surface area contributed by atoms with Crippen LogP contribution in [-0.4, -0.2) is 0 Å². The van der Waals surface area contributed by atoms with Gasteiger partial charge in [-0.3, -0.25) is 0 Å². The first-order valence-electron chi connectivity index (χ1n) is 4.66. The van der Waals surface area contributed by atoms with Crippen molar-refractivity contribution in [2.24, 2.45) is 0 Å². The first-order chi connectivity index (χ1) is 7.33. The van der Waals surface area contributed by atoms with Gasteiger partial charge in [-0.2, -0.15) is 0 Å². The third-order valence-electron chi connectivity index (χ3n) is 2.33. The Hall–Kier alpha value is -2.16. The molecular formula is C12H9NO2. The molecule has 0 fully saturated rings. The second-order valence-electron chi connectivity index (χ2n) is 3.38. The Morgan fingerprint density at radius 2 is 1.73 bits per heavy atom. The molecule has 0 aliphatic heterocycles. The SMILES string of the molecule is Nc1ccc(-c2cc3occc3o2)cc1. The minimum atomic E-state index is 0.744. The maximum atomic E-state index is 5.61. The van der Waals surface area contributed by atoms with Crippen molar-refractivity contribution in [2.75, 3.05) is 5.73 Å². The molecule has 1 aromatic carbocycles. The molecule has 0 bridgehead atoms. The summed E-state index contributed by atoms with van der Waals surface area (Å²) in [6.45, 7) is 0. The fourth-order valence-corrected chi connectivity index (χ4v) is 1.56. The number of anilines is 1. The summed E-state index contributed by atoms with van der Waals surface area (Å²) in [4.78, 5) is 0. The lowest BCUT2D eigenvalue weighted by atomic mass is 10.1. The Labute approximate surface area is 86.1 Å². The zero-order valence-corrected chi connectivity index (χ0v) is 7.94. The molecule has 0 amide bonds. The van der Waals surface area contributed by atoms with Crippen molar-refractivity contribution in [1.82, 2.24) is 0 Å². The molecule has 2 heterocycles. The summed E-state index contributed by atoms with van der Waals surface area (Å²) in [7, 11) is 0. The van der Waals surface area contributed by atoms with E-state index in [1.54, 1.807) is 12.3 Å². The van der Waals surface area contributed by atoms with Crippen molar-refractivity contribution in [3.05, 3.63) is 42.7 Å². The molecule has 0 unspecified atom stereocenters. The van der Waals surface area contributed by atoms with Gasteiger partial charge in [-0.05, 0) is 24.3 Å². The van der Waals surface area contributed by atoms with Crippen LogP contribution in [0.1, 0.15) is 0 Å². The average molecular weight is 199 g/mol. The van der Waals surface area contributed by atoms with Crippen molar-refractivity contribution in [3.8, 4) is 11.3 Å². The van der Waals surface area contributed by atoms with E-state index >= 15 is 0 Å². The van der Waals surface area contributed by atoms with Gasteiger partial charge in [-0.1, -0.05) is 0 Å². The zero-order valence-electron chi connectivity index (χ0n) is 7.94. The van der Waals surface area contributed by atoms with E-state index in [4.69, 9.17) is 14.6 Å². The fraction of sp³-hybridized carbons (Fsp3) is 0. The van der Waals surface area contributed by atoms with Crippen molar-refractivity contribution in [3.63, 3.8) is 0 Å². The zero-order chi connectivity index (χ0) is 10.3. The first kappa shape index (κ1) is 8.17. The van der Waals surface area contributed by atoms with E-state index in [0.29, 0.717) is 0 Å². The molecule has 3 rings (SSSR count). The Morgan fingerprint density at radius 3 is 2.47 bits per heavy atom. The predicted octanol–water partition coefficient (Wildman–Crippen LogP) is 3.28. The summed E-state index contributed by atoms with van der Waals surface area (Å²) in [5.74, 6) is 0.796. The van der Waals surface area contributed by atoms with Gasteiger partial charge in [0.25, 0.3) is 0 Å². The van der Waals surface area contributed by atoms with Crippen LogP contribution in [0.4, 0.5) is 5.69 Å². The summed E-state index contributed by atoms with van der Waals surface area (Å²) < 4.78 is 10.8. The number of hydrogen-bond donors (Lipinski definition) is 1. The quantitative estimate of drug-likeness (QED) is 0.612. The highest BCUT2D eigenvalue weighted by Gasteiger charge is 2.07. The molecule has 3 heteroatoms. The van der Waals surface area contributed by atoms with Gasteiger partial charge in [0.15, 0.2) is 11.2 Å². The minimum Gasteiger partial charge on any atom is -0.461 e. The Balaban J connectivity index is 2.13. The maximum absolute atomic E-state index is 5.61. The number of benzene rings is 1. The van der Waals surface area contributed by atoms with E-state index in [2.05, 4.69) is 0 Å². The van der Waals surface area contributed by atoms with Crippen LogP contribution < -0.4 is 5.73 Å². The third-order valence-corrected chi connectivity index (χ3v) is 2.33. The van der Waals surface area contributed by atoms with Crippen LogP contribution in [0.3, 0.4) is 0 Å². The van der Waals surface area contributed by atoms with Crippen LogP contribution in [-0.2, 0) is 0 Å². The third kappa shape index (κ3) is 1.29. The Morgan fingerprint density at radius 1 is 0.933 bits per heavy atom.